The number of hydrogen-bond donors (Lipinski definition) is 3. The van der Waals surface area contributed by atoms with Crippen LogP contribution in [0.15, 0.2) is 30.3 Å². The third-order valence-corrected chi connectivity index (χ3v) is 4.13. The maximum atomic E-state index is 11.0. The molecule has 0 radical (unpaired) electrons. The lowest BCUT2D eigenvalue weighted by Gasteiger charge is -2.34. The van der Waals surface area contributed by atoms with Crippen molar-refractivity contribution < 1.29 is 29.5 Å². The van der Waals surface area contributed by atoms with E-state index in [4.69, 9.17) is 14.2 Å². The summed E-state index contributed by atoms with van der Waals surface area (Å²) in [5, 5.41) is 30.8. The van der Waals surface area contributed by atoms with Crippen LogP contribution in [-0.4, -0.2) is 29.0 Å². The van der Waals surface area contributed by atoms with Crippen LogP contribution in [0.2, 0.25) is 0 Å². The molecule has 114 valence electrons. The number of aliphatic hydroxyl groups is 1. The van der Waals surface area contributed by atoms with E-state index in [2.05, 4.69) is 0 Å². The molecule has 0 spiro atoms. The number of hydrogen-bond acceptors (Lipinski definition) is 6. The molecule has 22 heavy (non-hydrogen) atoms. The van der Waals surface area contributed by atoms with Crippen molar-refractivity contribution in [2.45, 2.75) is 11.7 Å². The minimum Gasteiger partial charge on any atom is -0.508 e. The van der Waals surface area contributed by atoms with Gasteiger partial charge >= 0.3 is 0 Å². The van der Waals surface area contributed by atoms with Crippen LogP contribution in [0.1, 0.15) is 17.2 Å². The molecule has 2 aliphatic heterocycles. The Bertz CT molecular complexity index is 771. The van der Waals surface area contributed by atoms with Crippen LogP contribution in [0.25, 0.3) is 0 Å². The molecular weight excluding hydrogens is 288 g/mol. The van der Waals surface area contributed by atoms with Crippen LogP contribution >= 0.6 is 0 Å². The number of benzene rings is 2. The maximum absolute atomic E-state index is 11.0. The maximum Gasteiger partial charge on any atom is 0.172 e. The van der Waals surface area contributed by atoms with Gasteiger partial charge in [-0.1, -0.05) is 0 Å². The van der Waals surface area contributed by atoms with Gasteiger partial charge in [-0.05, 0) is 12.1 Å². The minimum atomic E-state index is -1.49. The number of phenolic OH excluding ortho intramolecular Hbond substituents is 2. The highest BCUT2D eigenvalue weighted by atomic mass is 16.5. The molecular formula is C16H14O6. The summed E-state index contributed by atoms with van der Waals surface area (Å²) in [6.45, 7) is -0.0823. The van der Waals surface area contributed by atoms with E-state index in [-0.39, 0.29) is 23.7 Å². The largest absolute Gasteiger partial charge is 0.508 e. The van der Waals surface area contributed by atoms with Gasteiger partial charge in [-0.3, -0.25) is 0 Å². The minimum absolute atomic E-state index is 0.0733. The zero-order valence-electron chi connectivity index (χ0n) is 11.7. The van der Waals surface area contributed by atoms with Crippen molar-refractivity contribution in [3.63, 3.8) is 0 Å². The predicted molar refractivity (Wildman–Crippen MR) is 75.5 cm³/mol. The van der Waals surface area contributed by atoms with Crippen LogP contribution in [0.3, 0.4) is 0 Å². The van der Waals surface area contributed by atoms with Crippen LogP contribution < -0.4 is 14.2 Å². The van der Waals surface area contributed by atoms with Gasteiger partial charge in [-0.15, -0.1) is 0 Å². The summed E-state index contributed by atoms with van der Waals surface area (Å²) in [6.07, 6.45) is -0.718. The van der Waals surface area contributed by atoms with E-state index in [0.29, 0.717) is 22.8 Å². The Labute approximate surface area is 126 Å². The Morgan fingerprint density at radius 1 is 1.18 bits per heavy atom. The zero-order chi connectivity index (χ0) is 15.5. The van der Waals surface area contributed by atoms with Crippen LogP contribution in [-0.2, 0) is 5.60 Å². The Kier molecular flexibility index (Phi) is 2.50. The molecule has 0 amide bonds. The van der Waals surface area contributed by atoms with Gasteiger partial charge < -0.3 is 29.5 Å². The molecule has 2 aromatic rings. The number of aromatic hydroxyl groups is 2. The summed E-state index contributed by atoms with van der Waals surface area (Å²) >= 11 is 0. The number of ether oxygens (including phenoxy) is 3. The van der Waals surface area contributed by atoms with Crippen molar-refractivity contribution in [1.29, 1.82) is 0 Å². The van der Waals surface area contributed by atoms with E-state index in [1.165, 1.54) is 25.3 Å². The molecule has 0 unspecified atom stereocenters. The molecule has 4 rings (SSSR count). The van der Waals surface area contributed by atoms with E-state index >= 15 is 0 Å². The Balaban J connectivity index is 1.88. The summed E-state index contributed by atoms with van der Waals surface area (Å²) in [7, 11) is 1.49. The third kappa shape index (κ3) is 1.58. The third-order valence-electron chi connectivity index (χ3n) is 4.13. The van der Waals surface area contributed by atoms with Crippen molar-refractivity contribution in [1.82, 2.24) is 0 Å². The molecule has 0 fully saturated rings. The zero-order valence-corrected chi connectivity index (χ0v) is 11.7. The summed E-state index contributed by atoms with van der Waals surface area (Å²) < 4.78 is 16.5. The molecule has 2 heterocycles. The molecule has 0 aliphatic carbocycles. The number of fused-ring (bicyclic) bond motifs is 5. The van der Waals surface area contributed by atoms with E-state index in [1.807, 2.05) is 0 Å². The molecule has 2 aromatic carbocycles. The monoisotopic (exact) mass is 302 g/mol. The highest BCUT2D eigenvalue weighted by Gasteiger charge is 2.54. The number of methoxy groups -OCH3 is 1. The topological polar surface area (TPSA) is 88.4 Å². The Morgan fingerprint density at radius 2 is 2.00 bits per heavy atom. The van der Waals surface area contributed by atoms with Crippen molar-refractivity contribution >= 4 is 0 Å². The molecule has 6 heteroatoms. The fourth-order valence-corrected chi connectivity index (χ4v) is 3.10. The van der Waals surface area contributed by atoms with Crippen molar-refractivity contribution in [3.8, 4) is 28.7 Å². The highest BCUT2D eigenvalue weighted by Crippen LogP contribution is 2.57. The SMILES string of the molecule is COc1cc(O)c2c(c1)O[C@@H]1c3ccc(O)cc3OC[C@]21O. The van der Waals surface area contributed by atoms with Crippen LogP contribution in [0.5, 0.6) is 28.7 Å². The molecule has 3 N–H and O–H groups in total. The molecule has 0 saturated heterocycles. The first kappa shape index (κ1) is 13.1. The fourth-order valence-electron chi connectivity index (χ4n) is 3.10. The van der Waals surface area contributed by atoms with Gasteiger partial charge in [0, 0.05) is 23.8 Å². The molecule has 0 saturated carbocycles. The second kappa shape index (κ2) is 4.20. The predicted octanol–water partition coefficient (Wildman–Crippen LogP) is 1.82. The van der Waals surface area contributed by atoms with Crippen LogP contribution in [0, 0.1) is 0 Å². The Morgan fingerprint density at radius 3 is 2.77 bits per heavy atom. The average molecular weight is 302 g/mol. The van der Waals surface area contributed by atoms with Gasteiger partial charge in [0.15, 0.2) is 11.7 Å². The Hall–Kier alpha value is -2.60. The summed E-state index contributed by atoms with van der Waals surface area (Å²) in [5.41, 5.74) is -0.589. The van der Waals surface area contributed by atoms with E-state index < -0.39 is 11.7 Å². The van der Waals surface area contributed by atoms with E-state index in [1.54, 1.807) is 12.1 Å². The van der Waals surface area contributed by atoms with Gasteiger partial charge in [0.2, 0.25) is 0 Å². The van der Waals surface area contributed by atoms with Gasteiger partial charge in [-0.2, -0.15) is 0 Å². The molecule has 0 bridgehead atoms. The molecule has 2 atom stereocenters. The van der Waals surface area contributed by atoms with Crippen LogP contribution in [0.4, 0.5) is 0 Å². The molecule has 0 aromatic heterocycles. The average Bonchev–Trinajstić information content (AvgIpc) is 2.80. The highest BCUT2D eigenvalue weighted by molar-refractivity contribution is 5.59. The number of rotatable bonds is 1. The molecule has 6 nitrogen and oxygen atoms in total. The number of phenols is 2. The second-order valence-electron chi connectivity index (χ2n) is 5.45. The lowest BCUT2D eigenvalue weighted by Crippen LogP contribution is -2.41. The summed E-state index contributed by atoms with van der Waals surface area (Å²) in [5.74, 6) is 1.21. The molecule has 2 aliphatic rings. The van der Waals surface area contributed by atoms with Gasteiger partial charge in [0.25, 0.3) is 0 Å². The van der Waals surface area contributed by atoms with Crippen molar-refractivity contribution in [2.24, 2.45) is 0 Å². The first-order valence-corrected chi connectivity index (χ1v) is 6.79. The van der Waals surface area contributed by atoms with Gasteiger partial charge in [0.05, 0.1) is 12.7 Å². The van der Waals surface area contributed by atoms with E-state index in [9.17, 15) is 15.3 Å². The van der Waals surface area contributed by atoms with Gasteiger partial charge in [-0.25, -0.2) is 0 Å². The van der Waals surface area contributed by atoms with E-state index in [0.717, 1.165) is 0 Å². The lowest BCUT2D eigenvalue weighted by atomic mass is 9.84. The second-order valence-corrected chi connectivity index (χ2v) is 5.45. The van der Waals surface area contributed by atoms with Gasteiger partial charge in [0.1, 0.15) is 35.4 Å². The van der Waals surface area contributed by atoms with Crippen molar-refractivity contribution in [3.05, 3.63) is 41.5 Å². The summed E-state index contributed by atoms with van der Waals surface area (Å²) in [6, 6.07) is 7.66. The standard InChI is InChI=1S/C16H14O6/c1-20-9-5-11(18)14-13(6-9)22-15-10-3-2-8(17)4-12(10)21-7-16(14,15)19/h2-6,15,17-19H,7H2,1H3/t15-,16+/m1/s1. The first-order chi connectivity index (χ1) is 10.5. The lowest BCUT2D eigenvalue weighted by molar-refractivity contribution is -0.0871. The first-order valence-electron chi connectivity index (χ1n) is 6.79. The normalized spacial score (nSPS) is 24.5. The fraction of sp³-hybridized carbons (Fsp3) is 0.250. The van der Waals surface area contributed by atoms with Crippen molar-refractivity contribution in [2.75, 3.05) is 13.7 Å². The summed E-state index contributed by atoms with van der Waals surface area (Å²) in [4.78, 5) is 0. The quantitative estimate of drug-likeness (QED) is 0.744. The smallest absolute Gasteiger partial charge is 0.172 e.